The lowest BCUT2D eigenvalue weighted by Gasteiger charge is -2.00. The Morgan fingerprint density at radius 3 is 2.40 bits per heavy atom. The average Bonchev–Trinajstić information content (AvgIpc) is 1.88. The highest BCUT2D eigenvalue weighted by atomic mass is 16.1. The highest BCUT2D eigenvalue weighted by molar-refractivity contribution is 6.04. The van der Waals surface area contributed by atoms with Gasteiger partial charge < -0.3 is 11.6 Å². The minimum Gasteiger partial charge on any atom is -0.384 e. The Hall–Kier alpha value is -1.57. The second-order valence-electron chi connectivity index (χ2n) is 1.73. The van der Waals surface area contributed by atoms with Crippen LogP contribution in [-0.2, 0) is 4.79 Å². The van der Waals surface area contributed by atoms with Crippen molar-refractivity contribution in [1.82, 2.24) is 0 Å². The van der Waals surface area contributed by atoms with E-state index < -0.39 is 5.92 Å². The van der Waals surface area contributed by atoms with Crippen molar-refractivity contribution in [3.8, 4) is 6.07 Å². The molecule has 0 fully saturated rings. The Morgan fingerprint density at radius 1 is 1.80 bits per heavy atom. The molecule has 54 valence electrons. The maximum absolute atomic E-state index is 10.5. The molecule has 0 radical (unpaired) electrons. The summed E-state index contributed by atoms with van der Waals surface area (Å²) >= 11 is 0. The van der Waals surface area contributed by atoms with Crippen LogP contribution < -0.4 is 11.6 Å². The molecular formula is C5H8N4O. The third-order valence-corrected chi connectivity index (χ3v) is 0.980. The van der Waals surface area contributed by atoms with Gasteiger partial charge in [-0.1, -0.05) is 0 Å². The van der Waals surface area contributed by atoms with Gasteiger partial charge in [-0.05, 0) is 6.92 Å². The van der Waals surface area contributed by atoms with E-state index >= 15 is 0 Å². The molecule has 5 nitrogen and oxygen atoms in total. The van der Waals surface area contributed by atoms with Crippen molar-refractivity contribution >= 4 is 11.6 Å². The van der Waals surface area contributed by atoms with E-state index in [2.05, 4.69) is 5.10 Å². The van der Waals surface area contributed by atoms with E-state index in [1.54, 1.807) is 6.07 Å². The molecule has 0 amide bonds. The number of hydrogen-bond acceptors (Lipinski definition) is 4. The predicted molar refractivity (Wildman–Crippen MR) is 35.6 cm³/mol. The molecule has 0 aromatic carbocycles. The van der Waals surface area contributed by atoms with Gasteiger partial charge in [-0.25, -0.2) is 0 Å². The predicted octanol–water partition coefficient (Wildman–Crippen LogP) is -1.05. The average molecular weight is 140 g/mol. The maximum atomic E-state index is 10.5. The van der Waals surface area contributed by atoms with Crippen LogP contribution in [-0.4, -0.2) is 11.6 Å². The van der Waals surface area contributed by atoms with Crippen LogP contribution in [0, 0.1) is 17.2 Å². The summed E-state index contributed by atoms with van der Waals surface area (Å²) in [6.45, 7) is 1.26. The number of carbonyl (C=O) groups excluding carboxylic acids is 1. The second kappa shape index (κ2) is 3.45. The fourth-order valence-electron chi connectivity index (χ4n) is 0.440. The van der Waals surface area contributed by atoms with Gasteiger partial charge in [0.2, 0.25) is 0 Å². The minimum atomic E-state index is -0.995. The Morgan fingerprint density at radius 2 is 2.30 bits per heavy atom. The van der Waals surface area contributed by atoms with Crippen LogP contribution in [0.25, 0.3) is 0 Å². The summed E-state index contributed by atoms with van der Waals surface area (Å²) in [7, 11) is 0. The Kier molecular flexibility index (Phi) is 2.91. The van der Waals surface area contributed by atoms with Crippen LogP contribution >= 0.6 is 0 Å². The third-order valence-electron chi connectivity index (χ3n) is 0.980. The summed E-state index contributed by atoms with van der Waals surface area (Å²) in [5.41, 5.74) is 5.11. The van der Waals surface area contributed by atoms with E-state index in [0.717, 1.165) is 0 Å². The van der Waals surface area contributed by atoms with Crippen LogP contribution in [0.2, 0.25) is 0 Å². The zero-order valence-corrected chi connectivity index (χ0v) is 5.53. The summed E-state index contributed by atoms with van der Waals surface area (Å²) in [5, 5.41) is 11.3. The molecule has 0 heterocycles. The number of hydrogen-bond donors (Lipinski definition) is 2. The summed E-state index contributed by atoms with van der Waals surface area (Å²) in [6, 6.07) is 1.67. The quantitative estimate of drug-likeness (QED) is 0.221. The summed E-state index contributed by atoms with van der Waals surface area (Å²) in [6.07, 6.45) is 0. The van der Waals surface area contributed by atoms with Gasteiger partial charge in [0.25, 0.3) is 0 Å². The standard InChI is InChI=1S/C5H8N4O/c1-3(10)4(2-6)5(7)9-8/h4H,8H2,1H3,(H2,7,9)/t4-/m1/s1. The first-order valence-corrected chi connectivity index (χ1v) is 2.56. The topological polar surface area (TPSA) is 105 Å². The van der Waals surface area contributed by atoms with Crippen molar-refractivity contribution in [1.29, 1.82) is 5.26 Å². The normalized spacial score (nSPS) is 13.8. The second-order valence-corrected chi connectivity index (χ2v) is 1.73. The van der Waals surface area contributed by atoms with Gasteiger partial charge in [0.05, 0.1) is 6.07 Å². The van der Waals surface area contributed by atoms with Crippen LogP contribution in [0.3, 0.4) is 0 Å². The largest absolute Gasteiger partial charge is 0.384 e. The van der Waals surface area contributed by atoms with E-state index in [9.17, 15) is 4.79 Å². The van der Waals surface area contributed by atoms with Crippen LogP contribution in [0.15, 0.2) is 5.10 Å². The zero-order chi connectivity index (χ0) is 8.15. The fraction of sp³-hybridized carbons (Fsp3) is 0.400. The van der Waals surface area contributed by atoms with Gasteiger partial charge >= 0.3 is 0 Å². The van der Waals surface area contributed by atoms with Crippen molar-refractivity contribution in [3.05, 3.63) is 0 Å². The lowest BCUT2D eigenvalue weighted by molar-refractivity contribution is -0.117. The Labute approximate surface area is 58.3 Å². The maximum Gasteiger partial charge on any atom is 0.163 e. The molecule has 0 saturated heterocycles. The number of amidine groups is 1. The molecule has 0 unspecified atom stereocenters. The lowest BCUT2D eigenvalue weighted by Crippen LogP contribution is -2.29. The van der Waals surface area contributed by atoms with E-state index in [-0.39, 0.29) is 11.6 Å². The number of ketones is 1. The number of hydrazone groups is 1. The molecule has 0 rings (SSSR count). The molecular weight excluding hydrogens is 132 g/mol. The molecule has 0 aliphatic heterocycles. The zero-order valence-electron chi connectivity index (χ0n) is 5.53. The lowest BCUT2D eigenvalue weighted by atomic mass is 10.1. The first-order valence-electron chi connectivity index (χ1n) is 2.56. The van der Waals surface area contributed by atoms with Gasteiger partial charge in [0.15, 0.2) is 11.7 Å². The molecule has 0 aromatic rings. The smallest absolute Gasteiger partial charge is 0.163 e. The van der Waals surface area contributed by atoms with Crippen molar-refractivity contribution in [2.75, 3.05) is 0 Å². The molecule has 0 aromatic heterocycles. The molecule has 0 saturated carbocycles. The van der Waals surface area contributed by atoms with E-state index in [1.165, 1.54) is 6.92 Å². The SMILES string of the molecule is CC(=O)[C@@H](C#N)C(N)=NN. The molecule has 0 spiro atoms. The van der Waals surface area contributed by atoms with Crippen molar-refractivity contribution < 1.29 is 4.79 Å². The highest BCUT2D eigenvalue weighted by Gasteiger charge is 2.16. The summed E-state index contributed by atoms with van der Waals surface area (Å²) in [4.78, 5) is 10.5. The number of nitrogens with zero attached hydrogens (tertiary/aromatic N) is 2. The molecule has 0 aliphatic rings. The van der Waals surface area contributed by atoms with Gasteiger partial charge in [0, 0.05) is 0 Å². The first kappa shape index (κ1) is 8.43. The number of nitrogens with two attached hydrogens (primary N) is 2. The van der Waals surface area contributed by atoms with E-state index in [4.69, 9.17) is 16.8 Å². The molecule has 0 aliphatic carbocycles. The fourth-order valence-corrected chi connectivity index (χ4v) is 0.440. The van der Waals surface area contributed by atoms with Crippen LogP contribution in [0.1, 0.15) is 6.92 Å². The van der Waals surface area contributed by atoms with Gasteiger partial charge in [-0.2, -0.15) is 10.4 Å². The number of Topliss-reactive ketones (excluding diaryl/α,β-unsaturated/α-hetero) is 1. The summed E-state index contributed by atoms with van der Waals surface area (Å²) in [5.74, 6) is 3.25. The molecule has 10 heavy (non-hydrogen) atoms. The first-order chi connectivity index (χ1) is 4.63. The van der Waals surface area contributed by atoms with Crippen molar-refractivity contribution in [2.24, 2.45) is 22.6 Å². The van der Waals surface area contributed by atoms with Crippen molar-refractivity contribution in [2.45, 2.75) is 6.92 Å². The molecule has 0 bridgehead atoms. The Bertz CT molecular complexity index is 202. The van der Waals surface area contributed by atoms with Gasteiger partial charge in [0.1, 0.15) is 5.84 Å². The van der Waals surface area contributed by atoms with E-state index in [0.29, 0.717) is 0 Å². The molecule has 5 heteroatoms. The van der Waals surface area contributed by atoms with E-state index in [1.807, 2.05) is 0 Å². The molecule has 1 atom stereocenters. The van der Waals surface area contributed by atoms with Gasteiger partial charge in [-0.3, -0.25) is 4.79 Å². The van der Waals surface area contributed by atoms with Crippen molar-refractivity contribution in [3.63, 3.8) is 0 Å². The highest BCUT2D eigenvalue weighted by Crippen LogP contribution is 1.94. The third kappa shape index (κ3) is 1.74. The number of rotatable bonds is 2. The molecule has 4 N–H and O–H groups in total. The monoisotopic (exact) mass is 140 g/mol. The van der Waals surface area contributed by atoms with Gasteiger partial charge in [-0.15, -0.1) is 0 Å². The number of carbonyl (C=O) groups is 1. The Balaban J connectivity index is 4.41. The number of nitriles is 1. The summed E-state index contributed by atoms with van der Waals surface area (Å²) < 4.78 is 0. The van der Waals surface area contributed by atoms with Crippen LogP contribution in [0.4, 0.5) is 0 Å². The minimum absolute atomic E-state index is 0.144. The van der Waals surface area contributed by atoms with Crippen LogP contribution in [0.5, 0.6) is 0 Å².